The number of amides is 1. The van der Waals surface area contributed by atoms with E-state index in [2.05, 4.69) is 24.1 Å². The number of H-pyrrole nitrogens is 1. The van der Waals surface area contributed by atoms with Crippen LogP contribution in [0.15, 0.2) is 12.3 Å². The molecule has 0 spiro atoms. The van der Waals surface area contributed by atoms with Gasteiger partial charge in [-0.15, -0.1) is 0 Å². The second kappa shape index (κ2) is 8.56. The van der Waals surface area contributed by atoms with Crippen molar-refractivity contribution in [1.82, 2.24) is 10.3 Å². The van der Waals surface area contributed by atoms with Gasteiger partial charge < -0.3 is 10.3 Å². The first-order valence-corrected chi connectivity index (χ1v) is 7.48. The Labute approximate surface area is 121 Å². The zero-order chi connectivity index (χ0) is 15.0. The third-order valence-electron chi connectivity index (χ3n) is 3.33. The highest BCUT2D eigenvalue weighted by Crippen LogP contribution is 2.09. The Kier molecular flexibility index (Phi) is 7.05. The van der Waals surface area contributed by atoms with E-state index in [1.54, 1.807) is 12.3 Å². The molecule has 0 saturated heterocycles. The van der Waals surface area contributed by atoms with Crippen molar-refractivity contribution in [2.24, 2.45) is 5.92 Å². The van der Waals surface area contributed by atoms with Crippen molar-refractivity contribution in [3.63, 3.8) is 0 Å². The lowest BCUT2D eigenvalue weighted by molar-refractivity contribution is 0.0948. The van der Waals surface area contributed by atoms with Gasteiger partial charge in [0.1, 0.15) is 5.69 Å². The number of rotatable bonds is 9. The van der Waals surface area contributed by atoms with E-state index < -0.39 is 0 Å². The zero-order valence-electron chi connectivity index (χ0n) is 12.8. The molecule has 0 aliphatic heterocycles. The van der Waals surface area contributed by atoms with Gasteiger partial charge in [0, 0.05) is 18.3 Å². The SMILES string of the molecule is CC(=O)c1c[nH]c(C(=O)NCCCCCCC(C)C)c1. The molecule has 0 fully saturated rings. The van der Waals surface area contributed by atoms with Crippen molar-refractivity contribution >= 4 is 11.7 Å². The van der Waals surface area contributed by atoms with Crippen molar-refractivity contribution in [1.29, 1.82) is 0 Å². The molecule has 0 aromatic carbocycles. The molecule has 0 bridgehead atoms. The fourth-order valence-electron chi connectivity index (χ4n) is 2.06. The number of carbonyl (C=O) groups excluding carboxylic acids is 2. The first kappa shape index (κ1) is 16.5. The molecule has 1 aromatic rings. The van der Waals surface area contributed by atoms with E-state index in [-0.39, 0.29) is 11.7 Å². The first-order valence-electron chi connectivity index (χ1n) is 7.48. The Balaban J connectivity index is 2.15. The lowest BCUT2D eigenvalue weighted by Crippen LogP contribution is -2.24. The Hall–Kier alpha value is -1.58. The summed E-state index contributed by atoms with van der Waals surface area (Å²) < 4.78 is 0. The molecule has 1 rings (SSSR count). The number of Topliss-reactive ketones (excluding diaryl/α,β-unsaturated/α-hetero) is 1. The molecule has 112 valence electrons. The summed E-state index contributed by atoms with van der Waals surface area (Å²) in [6.07, 6.45) is 7.50. The topological polar surface area (TPSA) is 62.0 Å². The number of unbranched alkanes of at least 4 members (excludes halogenated alkanes) is 3. The number of hydrogen-bond acceptors (Lipinski definition) is 2. The normalized spacial score (nSPS) is 10.8. The minimum atomic E-state index is -0.139. The summed E-state index contributed by atoms with van der Waals surface area (Å²) >= 11 is 0. The lowest BCUT2D eigenvalue weighted by Gasteiger charge is -2.05. The van der Waals surface area contributed by atoms with Crippen molar-refractivity contribution in [2.75, 3.05) is 6.54 Å². The van der Waals surface area contributed by atoms with Crippen LogP contribution in [0, 0.1) is 5.92 Å². The van der Waals surface area contributed by atoms with Crippen molar-refractivity contribution in [2.45, 2.75) is 52.9 Å². The number of ketones is 1. The van der Waals surface area contributed by atoms with E-state index in [1.165, 1.54) is 26.2 Å². The fourth-order valence-corrected chi connectivity index (χ4v) is 2.06. The van der Waals surface area contributed by atoms with Gasteiger partial charge in [-0.1, -0.05) is 39.5 Å². The van der Waals surface area contributed by atoms with Gasteiger partial charge in [-0.3, -0.25) is 9.59 Å². The average molecular weight is 278 g/mol. The molecule has 1 aromatic heterocycles. The number of aromatic nitrogens is 1. The summed E-state index contributed by atoms with van der Waals surface area (Å²) in [7, 11) is 0. The number of carbonyl (C=O) groups is 2. The third kappa shape index (κ3) is 6.04. The third-order valence-corrected chi connectivity index (χ3v) is 3.33. The van der Waals surface area contributed by atoms with Crippen LogP contribution in [0.4, 0.5) is 0 Å². The minimum Gasteiger partial charge on any atom is -0.356 e. The van der Waals surface area contributed by atoms with Crippen LogP contribution in [-0.2, 0) is 0 Å². The molecule has 1 amide bonds. The number of hydrogen-bond donors (Lipinski definition) is 2. The Bertz CT molecular complexity index is 435. The van der Waals surface area contributed by atoms with Crippen LogP contribution < -0.4 is 5.32 Å². The molecule has 0 aliphatic rings. The van der Waals surface area contributed by atoms with Crippen LogP contribution in [-0.4, -0.2) is 23.2 Å². The van der Waals surface area contributed by atoms with Crippen LogP contribution in [0.1, 0.15) is 73.7 Å². The summed E-state index contributed by atoms with van der Waals surface area (Å²) in [5.41, 5.74) is 0.999. The van der Waals surface area contributed by atoms with E-state index in [0.29, 0.717) is 17.8 Å². The standard InChI is InChI=1S/C16H26N2O2/c1-12(2)8-6-4-5-7-9-17-16(20)15-10-14(11-18-15)13(3)19/h10-12,18H,4-9H2,1-3H3,(H,17,20). The lowest BCUT2D eigenvalue weighted by atomic mass is 10.0. The van der Waals surface area contributed by atoms with Crippen LogP contribution in [0.2, 0.25) is 0 Å². The van der Waals surface area contributed by atoms with Crippen molar-refractivity contribution < 1.29 is 9.59 Å². The molecule has 4 nitrogen and oxygen atoms in total. The predicted octanol–water partition coefficient (Wildman–Crippen LogP) is 3.55. The Morgan fingerprint density at radius 2 is 1.90 bits per heavy atom. The smallest absolute Gasteiger partial charge is 0.267 e. The van der Waals surface area contributed by atoms with Gasteiger partial charge in [0.15, 0.2) is 5.78 Å². The van der Waals surface area contributed by atoms with Crippen LogP contribution in [0.5, 0.6) is 0 Å². The van der Waals surface area contributed by atoms with Gasteiger partial charge >= 0.3 is 0 Å². The second-order valence-corrected chi connectivity index (χ2v) is 5.71. The van der Waals surface area contributed by atoms with Crippen LogP contribution >= 0.6 is 0 Å². The molecule has 2 N–H and O–H groups in total. The van der Waals surface area contributed by atoms with Gasteiger partial charge in [0.25, 0.3) is 5.91 Å². The van der Waals surface area contributed by atoms with Crippen molar-refractivity contribution in [3.8, 4) is 0 Å². The Morgan fingerprint density at radius 1 is 1.20 bits per heavy atom. The molecule has 4 heteroatoms. The van der Waals surface area contributed by atoms with Gasteiger partial charge in [0.2, 0.25) is 0 Å². The maximum absolute atomic E-state index is 11.8. The van der Waals surface area contributed by atoms with Crippen molar-refractivity contribution in [3.05, 3.63) is 23.5 Å². The summed E-state index contributed by atoms with van der Waals surface area (Å²) in [6, 6.07) is 1.60. The highest BCUT2D eigenvalue weighted by molar-refractivity contribution is 5.99. The summed E-state index contributed by atoms with van der Waals surface area (Å²) in [5.74, 6) is 0.600. The van der Waals surface area contributed by atoms with E-state index in [1.807, 2.05) is 0 Å². The van der Waals surface area contributed by atoms with Gasteiger partial charge in [-0.05, 0) is 25.3 Å². The summed E-state index contributed by atoms with van der Waals surface area (Å²) in [4.78, 5) is 25.8. The zero-order valence-corrected chi connectivity index (χ0v) is 12.8. The van der Waals surface area contributed by atoms with E-state index >= 15 is 0 Å². The highest BCUT2D eigenvalue weighted by Gasteiger charge is 2.09. The maximum Gasteiger partial charge on any atom is 0.267 e. The molecule has 20 heavy (non-hydrogen) atoms. The molecule has 0 unspecified atom stereocenters. The molecular weight excluding hydrogens is 252 g/mol. The molecule has 0 atom stereocenters. The highest BCUT2D eigenvalue weighted by atomic mass is 16.2. The summed E-state index contributed by atoms with van der Waals surface area (Å²) in [5, 5.41) is 2.87. The number of nitrogens with one attached hydrogen (secondary N) is 2. The molecular formula is C16H26N2O2. The maximum atomic E-state index is 11.8. The fraction of sp³-hybridized carbons (Fsp3) is 0.625. The molecule has 0 radical (unpaired) electrons. The van der Waals surface area contributed by atoms with Gasteiger partial charge in [-0.25, -0.2) is 0 Å². The van der Waals surface area contributed by atoms with Gasteiger partial charge in [-0.2, -0.15) is 0 Å². The second-order valence-electron chi connectivity index (χ2n) is 5.71. The Morgan fingerprint density at radius 3 is 2.50 bits per heavy atom. The average Bonchev–Trinajstić information content (AvgIpc) is 2.86. The molecule has 0 aliphatic carbocycles. The minimum absolute atomic E-state index is 0.0366. The predicted molar refractivity (Wildman–Crippen MR) is 81.1 cm³/mol. The van der Waals surface area contributed by atoms with E-state index in [4.69, 9.17) is 0 Å². The van der Waals surface area contributed by atoms with Crippen LogP contribution in [0.25, 0.3) is 0 Å². The van der Waals surface area contributed by atoms with Gasteiger partial charge in [0.05, 0.1) is 0 Å². The first-order chi connectivity index (χ1) is 9.50. The van der Waals surface area contributed by atoms with E-state index in [9.17, 15) is 9.59 Å². The molecule has 1 heterocycles. The van der Waals surface area contributed by atoms with Crippen LogP contribution in [0.3, 0.4) is 0 Å². The molecule has 0 saturated carbocycles. The quantitative estimate of drug-likeness (QED) is 0.536. The van der Waals surface area contributed by atoms with E-state index in [0.717, 1.165) is 18.8 Å². The summed E-state index contributed by atoms with van der Waals surface area (Å²) in [6.45, 7) is 6.66. The monoisotopic (exact) mass is 278 g/mol. The number of aromatic amines is 1. The largest absolute Gasteiger partial charge is 0.356 e.